The fraction of sp³-hybridized carbons (Fsp3) is 0.811. The summed E-state index contributed by atoms with van der Waals surface area (Å²) in [5, 5.41) is 26.3. The molecular weight excluding hydrogens is 522 g/mol. The molecule has 6 rings (SSSR count). The second-order valence-electron chi connectivity index (χ2n) is 17.3. The molecule has 3 N–H and O–H groups in total. The van der Waals surface area contributed by atoms with E-state index < -0.39 is 5.60 Å². The second-order valence-corrected chi connectivity index (χ2v) is 17.3. The predicted molar refractivity (Wildman–Crippen MR) is 167 cm³/mol. The molecule has 4 saturated carbocycles. The molecule has 42 heavy (non-hydrogen) atoms. The number of amides is 1. The van der Waals surface area contributed by atoms with Crippen LogP contribution in [-0.4, -0.2) is 45.6 Å². The van der Waals surface area contributed by atoms with Crippen molar-refractivity contribution < 1.29 is 19.7 Å². The molecule has 1 aromatic rings. The summed E-state index contributed by atoms with van der Waals surface area (Å²) in [5.41, 5.74) is -0.116. The van der Waals surface area contributed by atoms with Crippen molar-refractivity contribution in [3.05, 3.63) is 35.9 Å². The van der Waals surface area contributed by atoms with Crippen LogP contribution in [0.3, 0.4) is 0 Å². The van der Waals surface area contributed by atoms with E-state index in [1.54, 1.807) is 0 Å². The number of hydrogen-bond acceptors (Lipinski definition) is 4. The van der Waals surface area contributed by atoms with Gasteiger partial charge in [0.1, 0.15) is 0 Å². The van der Waals surface area contributed by atoms with Crippen LogP contribution in [0.1, 0.15) is 124 Å². The summed E-state index contributed by atoms with van der Waals surface area (Å²) >= 11 is 0. The summed E-state index contributed by atoms with van der Waals surface area (Å²) in [6, 6.07) is 9.76. The lowest BCUT2D eigenvalue weighted by Gasteiger charge is -2.71. The second kappa shape index (κ2) is 9.78. The molecule has 4 aliphatic carbocycles. The molecule has 234 valence electrons. The quantitative estimate of drug-likeness (QED) is 0.354. The Bertz CT molecular complexity index is 1190. The summed E-state index contributed by atoms with van der Waals surface area (Å²) in [6.45, 7) is 18.4. The molecule has 5 heteroatoms. The molecule has 1 aromatic carbocycles. The van der Waals surface area contributed by atoms with Crippen LogP contribution in [0, 0.1) is 45.3 Å². The maximum atomic E-state index is 13.2. The molecule has 1 saturated heterocycles. The van der Waals surface area contributed by atoms with Crippen LogP contribution < -0.4 is 5.32 Å². The highest BCUT2D eigenvalue weighted by atomic mass is 16.5. The number of carbonyl (C=O) groups excluding carboxylic acids is 1. The molecule has 0 aromatic heterocycles. The first kappa shape index (κ1) is 30.6. The monoisotopic (exact) mass is 579 g/mol. The zero-order valence-electron chi connectivity index (χ0n) is 27.5. The van der Waals surface area contributed by atoms with Crippen LogP contribution in [-0.2, 0) is 4.74 Å². The molecule has 5 nitrogen and oxygen atoms in total. The Balaban J connectivity index is 1.26. The minimum absolute atomic E-state index is 0.0308. The highest BCUT2D eigenvalue weighted by Gasteiger charge is 2.72. The van der Waals surface area contributed by atoms with Crippen LogP contribution in [0.5, 0.6) is 0 Å². The van der Waals surface area contributed by atoms with Gasteiger partial charge in [0, 0.05) is 11.6 Å². The number of ether oxygens (including phenoxy) is 1. The summed E-state index contributed by atoms with van der Waals surface area (Å²) in [6.07, 6.45) is 8.87. The van der Waals surface area contributed by atoms with Crippen LogP contribution in [0.15, 0.2) is 30.3 Å². The van der Waals surface area contributed by atoms with E-state index in [1.807, 2.05) is 44.2 Å². The van der Waals surface area contributed by atoms with Crippen molar-refractivity contribution in [2.75, 3.05) is 0 Å². The Morgan fingerprint density at radius 2 is 1.55 bits per heavy atom. The van der Waals surface area contributed by atoms with Crippen molar-refractivity contribution in [1.82, 2.24) is 5.32 Å². The van der Waals surface area contributed by atoms with Gasteiger partial charge in [-0.15, -0.1) is 0 Å². The first-order valence-corrected chi connectivity index (χ1v) is 16.9. The molecule has 1 aliphatic heterocycles. The number of benzene rings is 1. The zero-order chi connectivity index (χ0) is 30.5. The third-order valence-electron chi connectivity index (χ3n) is 14.6. The van der Waals surface area contributed by atoms with Gasteiger partial charge in [0.25, 0.3) is 5.91 Å². The van der Waals surface area contributed by atoms with E-state index in [-0.39, 0.29) is 57.3 Å². The first-order chi connectivity index (χ1) is 19.5. The fourth-order valence-electron chi connectivity index (χ4n) is 12.2. The van der Waals surface area contributed by atoms with Crippen LogP contribution in [0.4, 0.5) is 0 Å². The third-order valence-corrected chi connectivity index (χ3v) is 14.6. The molecular formula is C37H57NO4. The summed E-state index contributed by atoms with van der Waals surface area (Å²) < 4.78 is 6.72. The predicted octanol–water partition coefficient (Wildman–Crippen LogP) is 7.15. The molecule has 5 fully saturated rings. The zero-order valence-corrected chi connectivity index (χ0v) is 27.5. The Hall–Kier alpha value is -1.43. The summed E-state index contributed by atoms with van der Waals surface area (Å²) in [7, 11) is 0. The lowest BCUT2D eigenvalue weighted by Crippen LogP contribution is -2.67. The molecule has 1 amide bonds. The van der Waals surface area contributed by atoms with E-state index in [1.165, 1.54) is 12.8 Å². The standard InChI is InChI=1S/C37H57NO4/c1-32(2)26-15-20-35(6)27(34(26,5)18-16-28(32)38-31(40)23-12-10-9-11-13-23)22-25(39)30-24(14-19-36(30,35)7)37(8)21-17-29(42-37)33(3,4)41/h9-13,24-30,39,41H,14-22H2,1-8H3,(H,38,40)/t24-,25+,26-,27+,28-,29-,30-,34-,35+,36+,37-/m0/s1. The van der Waals surface area contributed by atoms with Crippen LogP contribution in [0.2, 0.25) is 0 Å². The Morgan fingerprint density at radius 1 is 0.881 bits per heavy atom. The van der Waals surface area contributed by atoms with Crippen molar-refractivity contribution in [3.8, 4) is 0 Å². The van der Waals surface area contributed by atoms with Gasteiger partial charge >= 0.3 is 0 Å². The van der Waals surface area contributed by atoms with Gasteiger partial charge < -0.3 is 20.3 Å². The van der Waals surface area contributed by atoms with Gasteiger partial charge in [0.15, 0.2) is 0 Å². The largest absolute Gasteiger partial charge is 0.393 e. The SMILES string of the molecule is CC(C)(O)[C@@H]1CC[C@@](C)([C@H]2CC[C@]3(C)[C@@H]2[C@H](O)C[C@@H]2[C@@]4(C)CC[C@H](NC(=O)c5ccccc5)C(C)(C)[C@@H]4CC[C@]23C)O1. The molecule has 1 heterocycles. The van der Waals surface area contributed by atoms with E-state index in [0.29, 0.717) is 17.8 Å². The van der Waals surface area contributed by atoms with Crippen molar-refractivity contribution >= 4 is 5.91 Å². The minimum Gasteiger partial charge on any atom is -0.393 e. The highest BCUT2D eigenvalue weighted by molar-refractivity contribution is 5.94. The van der Waals surface area contributed by atoms with Gasteiger partial charge in [-0.25, -0.2) is 0 Å². The lowest BCUT2D eigenvalue weighted by atomic mass is 9.35. The van der Waals surface area contributed by atoms with E-state index in [2.05, 4.69) is 46.9 Å². The number of aliphatic hydroxyl groups excluding tert-OH is 1. The molecule has 11 atom stereocenters. The third kappa shape index (κ3) is 4.30. The fourth-order valence-corrected chi connectivity index (χ4v) is 12.2. The van der Waals surface area contributed by atoms with Crippen molar-refractivity contribution in [3.63, 3.8) is 0 Å². The number of nitrogens with one attached hydrogen (secondary N) is 1. The van der Waals surface area contributed by atoms with Crippen LogP contribution >= 0.6 is 0 Å². The van der Waals surface area contributed by atoms with Crippen molar-refractivity contribution in [2.45, 2.75) is 143 Å². The molecule has 0 radical (unpaired) electrons. The van der Waals surface area contributed by atoms with Gasteiger partial charge in [0.05, 0.1) is 23.4 Å². The highest BCUT2D eigenvalue weighted by Crippen LogP contribution is 2.76. The average molecular weight is 580 g/mol. The summed E-state index contributed by atoms with van der Waals surface area (Å²) in [4.78, 5) is 13.2. The van der Waals surface area contributed by atoms with E-state index in [9.17, 15) is 15.0 Å². The molecule has 5 aliphatic rings. The van der Waals surface area contributed by atoms with E-state index >= 15 is 0 Å². The number of carbonyl (C=O) groups is 1. The van der Waals surface area contributed by atoms with Crippen LogP contribution in [0.25, 0.3) is 0 Å². The maximum absolute atomic E-state index is 13.2. The van der Waals surface area contributed by atoms with Gasteiger partial charge in [-0.05, 0) is 136 Å². The lowest BCUT2D eigenvalue weighted by molar-refractivity contribution is -0.240. The van der Waals surface area contributed by atoms with Crippen molar-refractivity contribution in [2.24, 2.45) is 45.3 Å². The van der Waals surface area contributed by atoms with Gasteiger partial charge in [-0.1, -0.05) is 52.8 Å². The number of fused-ring (bicyclic) bond motifs is 5. The minimum atomic E-state index is -0.846. The van der Waals surface area contributed by atoms with Crippen molar-refractivity contribution in [1.29, 1.82) is 0 Å². The molecule has 0 bridgehead atoms. The first-order valence-electron chi connectivity index (χ1n) is 16.9. The van der Waals surface area contributed by atoms with Gasteiger partial charge in [-0.2, -0.15) is 0 Å². The number of aliphatic hydroxyl groups is 2. The van der Waals surface area contributed by atoms with E-state index in [4.69, 9.17) is 4.74 Å². The molecule has 0 spiro atoms. The van der Waals surface area contributed by atoms with E-state index in [0.717, 1.165) is 50.5 Å². The number of hydrogen-bond donors (Lipinski definition) is 3. The smallest absolute Gasteiger partial charge is 0.251 e. The van der Waals surface area contributed by atoms with Gasteiger partial charge in [0.2, 0.25) is 0 Å². The average Bonchev–Trinajstić information content (AvgIpc) is 3.51. The number of rotatable bonds is 4. The Kier molecular flexibility index (Phi) is 7.13. The summed E-state index contributed by atoms with van der Waals surface area (Å²) in [5.74, 6) is 1.51. The van der Waals surface area contributed by atoms with Gasteiger partial charge in [-0.3, -0.25) is 4.79 Å². The normalized spacial score (nSPS) is 48.2. The topological polar surface area (TPSA) is 78.8 Å². The Labute approximate surface area is 254 Å². The molecule has 0 unspecified atom stereocenters. The Morgan fingerprint density at radius 3 is 2.19 bits per heavy atom. The maximum Gasteiger partial charge on any atom is 0.251 e.